The van der Waals surface area contributed by atoms with Crippen molar-refractivity contribution in [2.45, 2.75) is 6.92 Å². The summed E-state index contributed by atoms with van der Waals surface area (Å²) in [6.07, 6.45) is 1.58. The fraction of sp³-hybridized carbons (Fsp3) is 0.143. The van der Waals surface area contributed by atoms with Gasteiger partial charge in [0, 0.05) is 11.3 Å². The van der Waals surface area contributed by atoms with Crippen LogP contribution in [0.1, 0.15) is 20.2 Å². The molecule has 0 aliphatic carbocycles. The predicted molar refractivity (Wildman–Crippen MR) is 77.2 cm³/mol. The lowest BCUT2D eigenvalue weighted by atomic mass is 10.2. The molecule has 5 heteroatoms. The third kappa shape index (κ3) is 3.65. The predicted octanol–water partition coefficient (Wildman–Crippen LogP) is 2.01. The summed E-state index contributed by atoms with van der Waals surface area (Å²) in [6, 6.07) is 7.34. The van der Waals surface area contributed by atoms with Crippen LogP contribution in [0.15, 0.2) is 30.5 Å². The van der Waals surface area contributed by atoms with Crippen molar-refractivity contribution in [2.75, 3.05) is 11.9 Å². The van der Waals surface area contributed by atoms with Crippen LogP contribution in [0, 0.1) is 18.8 Å². The molecule has 2 aromatic rings. The maximum Gasteiger partial charge on any atom is 0.267 e. The van der Waals surface area contributed by atoms with Gasteiger partial charge >= 0.3 is 0 Å². The number of carbonyl (C=O) groups excluding carboxylic acids is 1. The molecular weight excluding hydrogens is 258 g/mol. The molecule has 0 radical (unpaired) electrons. The molecule has 0 atom stereocenters. The average molecular weight is 271 g/mol. The van der Waals surface area contributed by atoms with Gasteiger partial charge in [0.05, 0.1) is 17.7 Å². The van der Waals surface area contributed by atoms with E-state index in [4.69, 9.17) is 5.73 Å². The highest BCUT2D eigenvalue weighted by molar-refractivity contribution is 7.13. The van der Waals surface area contributed by atoms with Gasteiger partial charge in [-0.1, -0.05) is 17.9 Å². The van der Waals surface area contributed by atoms with Crippen molar-refractivity contribution >= 4 is 22.9 Å². The molecule has 19 heavy (non-hydrogen) atoms. The van der Waals surface area contributed by atoms with E-state index in [1.807, 2.05) is 31.2 Å². The zero-order valence-electron chi connectivity index (χ0n) is 10.4. The van der Waals surface area contributed by atoms with Crippen molar-refractivity contribution < 1.29 is 4.79 Å². The van der Waals surface area contributed by atoms with Gasteiger partial charge in [0.2, 0.25) is 0 Å². The van der Waals surface area contributed by atoms with Gasteiger partial charge in [-0.3, -0.25) is 4.79 Å². The first-order valence-corrected chi connectivity index (χ1v) is 6.53. The van der Waals surface area contributed by atoms with Gasteiger partial charge < -0.3 is 11.1 Å². The van der Waals surface area contributed by atoms with Crippen molar-refractivity contribution in [3.05, 3.63) is 45.9 Å². The SMILES string of the molecule is Cc1ncc(C(=O)Nc2cccc(C#CCN)c2)s1. The number of nitrogens with two attached hydrogens (primary N) is 1. The summed E-state index contributed by atoms with van der Waals surface area (Å²) >= 11 is 1.37. The van der Waals surface area contributed by atoms with Crippen LogP contribution >= 0.6 is 11.3 Å². The van der Waals surface area contributed by atoms with Gasteiger partial charge in [0.1, 0.15) is 4.88 Å². The molecular formula is C14H13N3OS. The molecule has 0 aliphatic rings. The van der Waals surface area contributed by atoms with Crippen LogP contribution in [0.2, 0.25) is 0 Å². The van der Waals surface area contributed by atoms with Crippen molar-refractivity contribution in [1.82, 2.24) is 4.98 Å². The Hall–Kier alpha value is -2.16. The summed E-state index contributed by atoms with van der Waals surface area (Å²) in [5, 5.41) is 3.69. The van der Waals surface area contributed by atoms with Crippen LogP contribution in [0.25, 0.3) is 0 Å². The van der Waals surface area contributed by atoms with Crippen LogP contribution in [0.4, 0.5) is 5.69 Å². The first-order valence-electron chi connectivity index (χ1n) is 5.72. The Balaban J connectivity index is 2.13. The molecule has 2 rings (SSSR count). The first kappa shape index (κ1) is 13.3. The second kappa shape index (κ2) is 6.14. The summed E-state index contributed by atoms with van der Waals surface area (Å²) in [5.74, 6) is 5.55. The van der Waals surface area contributed by atoms with Crippen LogP contribution in [0.5, 0.6) is 0 Å². The minimum atomic E-state index is -0.158. The molecule has 96 valence electrons. The lowest BCUT2D eigenvalue weighted by Crippen LogP contribution is -2.10. The van der Waals surface area contributed by atoms with E-state index in [0.717, 1.165) is 10.6 Å². The van der Waals surface area contributed by atoms with E-state index in [1.165, 1.54) is 11.3 Å². The van der Waals surface area contributed by atoms with E-state index in [-0.39, 0.29) is 5.91 Å². The molecule has 0 saturated heterocycles. The highest BCUT2D eigenvalue weighted by Gasteiger charge is 2.09. The van der Waals surface area contributed by atoms with E-state index < -0.39 is 0 Å². The number of carbonyl (C=O) groups is 1. The Kier molecular flexibility index (Phi) is 4.29. The summed E-state index contributed by atoms with van der Waals surface area (Å²) in [4.78, 5) is 16.6. The van der Waals surface area contributed by atoms with Crippen LogP contribution in [-0.4, -0.2) is 17.4 Å². The minimum absolute atomic E-state index is 0.158. The summed E-state index contributed by atoms with van der Waals surface area (Å²) in [5.41, 5.74) is 6.86. The topological polar surface area (TPSA) is 68.0 Å². The molecule has 1 amide bonds. The Morgan fingerprint density at radius 1 is 1.53 bits per heavy atom. The van der Waals surface area contributed by atoms with E-state index in [0.29, 0.717) is 17.1 Å². The largest absolute Gasteiger partial charge is 0.321 e. The number of hydrogen-bond donors (Lipinski definition) is 2. The Morgan fingerprint density at radius 3 is 3.05 bits per heavy atom. The maximum atomic E-state index is 12.0. The van der Waals surface area contributed by atoms with Crippen molar-refractivity contribution in [2.24, 2.45) is 5.73 Å². The minimum Gasteiger partial charge on any atom is -0.321 e. The van der Waals surface area contributed by atoms with Gasteiger partial charge in [-0.2, -0.15) is 0 Å². The fourth-order valence-electron chi connectivity index (χ4n) is 1.49. The number of amides is 1. The van der Waals surface area contributed by atoms with Crippen molar-refractivity contribution in [3.63, 3.8) is 0 Å². The van der Waals surface area contributed by atoms with Gasteiger partial charge in [-0.15, -0.1) is 11.3 Å². The Bertz CT molecular complexity index is 652. The normalized spacial score (nSPS) is 9.58. The second-order valence-electron chi connectivity index (χ2n) is 3.78. The molecule has 3 N–H and O–H groups in total. The number of aromatic nitrogens is 1. The molecule has 0 unspecified atom stereocenters. The third-order valence-corrected chi connectivity index (χ3v) is 3.21. The molecule has 1 heterocycles. The highest BCUT2D eigenvalue weighted by Crippen LogP contribution is 2.15. The third-order valence-electron chi connectivity index (χ3n) is 2.30. The van der Waals surface area contributed by atoms with Crippen LogP contribution < -0.4 is 11.1 Å². The van der Waals surface area contributed by atoms with Crippen molar-refractivity contribution in [3.8, 4) is 11.8 Å². The lowest BCUT2D eigenvalue weighted by Gasteiger charge is -2.03. The molecule has 0 saturated carbocycles. The highest BCUT2D eigenvalue weighted by atomic mass is 32.1. The van der Waals surface area contributed by atoms with E-state index in [9.17, 15) is 4.79 Å². The van der Waals surface area contributed by atoms with Crippen LogP contribution in [-0.2, 0) is 0 Å². The number of anilines is 1. The molecule has 0 bridgehead atoms. The monoisotopic (exact) mass is 271 g/mol. The second-order valence-corrected chi connectivity index (χ2v) is 5.02. The lowest BCUT2D eigenvalue weighted by molar-refractivity contribution is 0.103. The number of thiazole rings is 1. The smallest absolute Gasteiger partial charge is 0.267 e. The van der Waals surface area contributed by atoms with Crippen LogP contribution in [0.3, 0.4) is 0 Å². The number of nitrogens with one attached hydrogen (secondary N) is 1. The molecule has 1 aromatic carbocycles. The molecule has 0 aliphatic heterocycles. The standard InChI is InChI=1S/C14H13N3OS/c1-10-16-9-13(19-10)14(18)17-12-6-2-4-11(8-12)5-3-7-15/h2,4,6,8-9H,7,15H2,1H3,(H,17,18). The van der Waals surface area contributed by atoms with E-state index in [1.54, 1.807) is 6.20 Å². The molecule has 1 aromatic heterocycles. The van der Waals surface area contributed by atoms with Crippen molar-refractivity contribution in [1.29, 1.82) is 0 Å². The quantitative estimate of drug-likeness (QED) is 0.821. The Labute approximate surface area is 115 Å². The van der Waals surface area contributed by atoms with Gasteiger partial charge in [-0.25, -0.2) is 4.98 Å². The summed E-state index contributed by atoms with van der Waals surface area (Å²) in [6.45, 7) is 2.18. The number of hydrogen-bond acceptors (Lipinski definition) is 4. The van der Waals surface area contributed by atoms with Gasteiger partial charge in [-0.05, 0) is 25.1 Å². The molecule has 0 fully saturated rings. The average Bonchev–Trinajstić information content (AvgIpc) is 2.83. The Morgan fingerprint density at radius 2 is 2.37 bits per heavy atom. The fourth-order valence-corrected chi connectivity index (χ4v) is 2.16. The van der Waals surface area contributed by atoms with E-state index in [2.05, 4.69) is 22.1 Å². The number of aryl methyl sites for hydroxylation is 1. The first-order chi connectivity index (χ1) is 9.19. The maximum absolute atomic E-state index is 12.0. The zero-order chi connectivity index (χ0) is 13.7. The van der Waals surface area contributed by atoms with Gasteiger partial charge in [0.25, 0.3) is 5.91 Å². The molecule has 0 spiro atoms. The number of nitrogens with zero attached hydrogens (tertiary/aromatic N) is 1. The molecule has 4 nitrogen and oxygen atoms in total. The summed E-state index contributed by atoms with van der Waals surface area (Å²) in [7, 11) is 0. The number of benzene rings is 1. The number of rotatable bonds is 2. The van der Waals surface area contributed by atoms with E-state index >= 15 is 0 Å². The van der Waals surface area contributed by atoms with Gasteiger partial charge in [0.15, 0.2) is 0 Å². The summed E-state index contributed by atoms with van der Waals surface area (Å²) < 4.78 is 0. The zero-order valence-corrected chi connectivity index (χ0v) is 11.3.